The van der Waals surface area contributed by atoms with E-state index in [-0.39, 0.29) is 16.4 Å². The van der Waals surface area contributed by atoms with E-state index < -0.39 is 11.7 Å². The number of nitrogens with two attached hydrogens (primary N) is 1. The summed E-state index contributed by atoms with van der Waals surface area (Å²) in [5.74, 6) is -0.656. The van der Waals surface area contributed by atoms with Crippen LogP contribution in [0.2, 0.25) is 5.02 Å². The van der Waals surface area contributed by atoms with Crippen LogP contribution >= 0.6 is 22.9 Å². The van der Waals surface area contributed by atoms with Crippen molar-refractivity contribution in [2.45, 2.75) is 25.2 Å². The molecule has 1 saturated carbocycles. The quantitative estimate of drug-likeness (QED) is 0.196. The molecule has 192 valence electrons. The van der Waals surface area contributed by atoms with Crippen LogP contribution in [0.25, 0.3) is 28.1 Å². The number of primary amides is 1. The van der Waals surface area contributed by atoms with Gasteiger partial charge in [0.2, 0.25) is 11.9 Å². The Morgan fingerprint density at radius 3 is 2.84 bits per heavy atom. The molecule has 1 atom stereocenters. The van der Waals surface area contributed by atoms with Gasteiger partial charge in [-0.1, -0.05) is 24.4 Å². The average molecular weight is 552 g/mol. The number of nitrogens with one attached hydrogen (secondary N) is 1. The van der Waals surface area contributed by atoms with Crippen LogP contribution in [0, 0.1) is 11.7 Å². The molecule has 1 amide bonds. The zero-order valence-corrected chi connectivity index (χ0v) is 21.3. The molecule has 1 aromatic carbocycles. The highest BCUT2D eigenvalue weighted by Gasteiger charge is 2.35. The molecule has 1 aliphatic rings. The Kier molecular flexibility index (Phi) is 6.12. The Labute approximate surface area is 224 Å². The van der Waals surface area contributed by atoms with E-state index in [4.69, 9.17) is 17.3 Å². The number of benzene rings is 1. The standard InChI is InChI=1S/C25H20ClFN8O2S/c26-15-4-6-20(34-12-30-32-33-34)16(8-15)14-3-5-21(35(37)10-14)17(7-13-1-2-13)25-29-9-19(31-25)18-11-38-23(22(18)27)24(28)36/h3-6,8-13,17H,1-2,7H2,(H3-,28,29,31,36,37)/p+1. The Morgan fingerprint density at radius 1 is 1.32 bits per heavy atom. The second kappa shape index (κ2) is 9.62. The van der Waals surface area contributed by atoms with Gasteiger partial charge in [0.15, 0.2) is 5.82 Å². The lowest BCUT2D eigenvalue weighted by Gasteiger charge is -2.12. The first-order valence-corrected chi connectivity index (χ1v) is 13.0. The maximum atomic E-state index is 14.7. The minimum Gasteiger partial charge on any atom is -0.365 e. The van der Waals surface area contributed by atoms with E-state index in [1.165, 1.54) is 22.6 Å². The summed E-state index contributed by atoms with van der Waals surface area (Å²) < 4.78 is 17.4. The van der Waals surface area contributed by atoms with E-state index in [1.54, 1.807) is 24.4 Å². The lowest BCUT2D eigenvalue weighted by molar-refractivity contribution is -0.909. The SMILES string of the molecule is NC(=O)c1scc(-c2cnc(C(CC3CC3)c3ccc(-c4cc(Cl)ccc4-n4cnnn4)c[n+]3O)[nH]2)c1F. The number of thiophene rings is 1. The predicted octanol–water partition coefficient (Wildman–Crippen LogP) is 4.13. The van der Waals surface area contributed by atoms with Crippen molar-refractivity contribution in [3.63, 3.8) is 0 Å². The van der Waals surface area contributed by atoms with Crippen LogP contribution in [-0.4, -0.2) is 41.3 Å². The minimum atomic E-state index is -0.811. The van der Waals surface area contributed by atoms with Crippen LogP contribution in [0.1, 0.15) is 46.4 Å². The molecular formula is C25H21ClFN8O2S+. The molecular weight excluding hydrogens is 531 g/mol. The van der Waals surface area contributed by atoms with E-state index in [9.17, 15) is 14.4 Å². The summed E-state index contributed by atoms with van der Waals surface area (Å²) in [6.45, 7) is 0. The normalized spacial score (nSPS) is 14.1. The van der Waals surface area contributed by atoms with Gasteiger partial charge in [0.05, 0.1) is 23.1 Å². The maximum absolute atomic E-state index is 14.7. The molecule has 1 aliphatic carbocycles. The van der Waals surface area contributed by atoms with Gasteiger partial charge < -0.3 is 10.7 Å². The Bertz CT molecular complexity index is 1650. The van der Waals surface area contributed by atoms with Crippen LogP contribution in [0.5, 0.6) is 0 Å². The van der Waals surface area contributed by atoms with Crippen LogP contribution in [0.4, 0.5) is 4.39 Å². The number of aromatic amines is 1. The van der Waals surface area contributed by atoms with Crippen molar-refractivity contribution in [2.24, 2.45) is 11.7 Å². The Hall–Kier alpha value is -4.16. The molecule has 0 aliphatic heterocycles. The lowest BCUT2D eigenvalue weighted by atomic mass is 9.95. The van der Waals surface area contributed by atoms with Gasteiger partial charge in [-0.05, 0) is 47.0 Å². The van der Waals surface area contributed by atoms with Crippen LogP contribution in [0.15, 0.2) is 54.4 Å². The summed E-state index contributed by atoms with van der Waals surface area (Å²) in [5.41, 5.74) is 8.70. The van der Waals surface area contributed by atoms with Gasteiger partial charge in [-0.3, -0.25) is 10.0 Å². The summed E-state index contributed by atoms with van der Waals surface area (Å²) in [4.78, 5) is 19.1. The minimum absolute atomic E-state index is 0.128. The molecule has 0 radical (unpaired) electrons. The highest BCUT2D eigenvalue weighted by molar-refractivity contribution is 7.12. The number of halogens is 2. The molecule has 6 rings (SSSR count). The van der Waals surface area contributed by atoms with Crippen molar-refractivity contribution in [1.82, 2.24) is 30.2 Å². The molecule has 5 aromatic rings. The highest BCUT2D eigenvalue weighted by Crippen LogP contribution is 2.41. The smallest absolute Gasteiger partial charge is 0.261 e. The summed E-state index contributed by atoms with van der Waals surface area (Å²) >= 11 is 7.23. The molecule has 4 N–H and O–H groups in total. The predicted molar refractivity (Wildman–Crippen MR) is 137 cm³/mol. The van der Waals surface area contributed by atoms with E-state index in [1.807, 2.05) is 12.1 Å². The zero-order chi connectivity index (χ0) is 26.4. The van der Waals surface area contributed by atoms with Crippen LogP contribution in [-0.2, 0) is 0 Å². The third kappa shape index (κ3) is 4.52. The topological polar surface area (TPSA) is 139 Å². The number of tetrazole rings is 1. The number of amides is 1. The fraction of sp³-hybridized carbons (Fsp3) is 0.200. The van der Waals surface area contributed by atoms with Crippen molar-refractivity contribution in [3.05, 3.63) is 81.7 Å². The molecule has 13 heteroatoms. The van der Waals surface area contributed by atoms with Crippen molar-refractivity contribution in [2.75, 3.05) is 0 Å². The third-order valence-corrected chi connectivity index (χ3v) is 7.82. The van der Waals surface area contributed by atoms with Gasteiger partial charge in [-0.15, -0.1) is 16.4 Å². The van der Waals surface area contributed by atoms with Gasteiger partial charge in [-0.25, -0.2) is 9.37 Å². The fourth-order valence-corrected chi connectivity index (χ4v) is 5.52. The molecule has 10 nitrogen and oxygen atoms in total. The lowest BCUT2D eigenvalue weighted by Crippen LogP contribution is -2.37. The van der Waals surface area contributed by atoms with Gasteiger partial charge in [0.25, 0.3) is 5.91 Å². The molecule has 1 unspecified atom stereocenters. The molecule has 0 spiro atoms. The monoisotopic (exact) mass is 551 g/mol. The Morgan fingerprint density at radius 2 is 2.16 bits per heavy atom. The van der Waals surface area contributed by atoms with Crippen molar-refractivity contribution in [1.29, 1.82) is 0 Å². The molecule has 0 bridgehead atoms. The highest BCUT2D eigenvalue weighted by atomic mass is 35.5. The third-order valence-electron chi connectivity index (χ3n) is 6.62. The number of pyridine rings is 1. The fourth-order valence-electron chi connectivity index (χ4n) is 4.55. The van der Waals surface area contributed by atoms with E-state index in [2.05, 4.69) is 25.5 Å². The van der Waals surface area contributed by atoms with E-state index in [0.29, 0.717) is 39.4 Å². The number of carbonyl (C=O) groups excluding carboxylic acids is 1. The molecule has 38 heavy (non-hydrogen) atoms. The first-order valence-electron chi connectivity index (χ1n) is 11.8. The number of nitrogens with zero attached hydrogens (tertiary/aromatic N) is 6. The van der Waals surface area contributed by atoms with Gasteiger partial charge in [0, 0.05) is 32.3 Å². The first-order chi connectivity index (χ1) is 18.4. The summed E-state index contributed by atoms with van der Waals surface area (Å²) in [6.07, 6.45) is 7.59. The number of aromatic nitrogens is 7. The van der Waals surface area contributed by atoms with Gasteiger partial charge in [-0.2, -0.15) is 4.68 Å². The first kappa shape index (κ1) is 24.2. The Balaban J connectivity index is 1.37. The van der Waals surface area contributed by atoms with Crippen molar-refractivity contribution < 1.29 is 19.1 Å². The number of rotatable bonds is 8. The second-order valence-corrected chi connectivity index (χ2v) is 10.5. The van der Waals surface area contributed by atoms with Gasteiger partial charge in [0.1, 0.15) is 22.9 Å². The van der Waals surface area contributed by atoms with Crippen LogP contribution < -0.4 is 10.5 Å². The molecule has 1 fully saturated rings. The second-order valence-electron chi connectivity index (χ2n) is 9.17. The number of H-pyrrole nitrogens is 1. The van der Waals surface area contributed by atoms with Gasteiger partial charge >= 0.3 is 0 Å². The summed E-state index contributed by atoms with van der Waals surface area (Å²) in [6, 6.07) is 9.06. The number of carbonyl (C=O) groups is 1. The molecule has 4 aromatic heterocycles. The molecule has 4 heterocycles. The maximum Gasteiger partial charge on any atom is 0.261 e. The van der Waals surface area contributed by atoms with Crippen LogP contribution in [0.3, 0.4) is 0 Å². The number of hydrogen-bond donors (Lipinski definition) is 3. The molecule has 0 saturated heterocycles. The zero-order valence-electron chi connectivity index (χ0n) is 19.8. The van der Waals surface area contributed by atoms with E-state index in [0.717, 1.165) is 40.9 Å². The number of hydrogen-bond acceptors (Lipinski definition) is 7. The van der Waals surface area contributed by atoms with E-state index >= 15 is 0 Å². The average Bonchev–Trinajstić information content (AvgIpc) is 3.27. The number of imidazole rings is 1. The summed E-state index contributed by atoms with van der Waals surface area (Å²) in [7, 11) is 0. The summed E-state index contributed by atoms with van der Waals surface area (Å²) in [5, 5.41) is 24.6. The van der Waals surface area contributed by atoms with Crippen molar-refractivity contribution in [3.8, 4) is 28.1 Å². The largest absolute Gasteiger partial charge is 0.365 e. The van der Waals surface area contributed by atoms with Crippen molar-refractivity contribution >= 4 is 28.8 Å².